The van der Waals surface area contributed by atoms with E-state index in [0.717, 1.165) is 36.0 Å². The van der Waals surface area contributed by atoms with Crippen molar-refractivity contribution in [1.29, 1.82) is 0 Å². The van der Waals surface area contributed by atoms with Crippen LogP contribution in [0.2, 0.25) is 0 Å². The van der Waals surface area contributed by atoms with E-state index in [1.807, 2.05) is 0 Å². The zero-order valence-electron chi connectivity index (χ0n) is 11.1. The Morgan fingerprint density at radius 2 is 2.21 bits per heavy atom. The summed E-state index contributed by atoms with van der Waals surface area (Å²) in [6.07, 6.45) is 2.94. The zero-order chi connectivity index (χ0) is 13.6. The molecule has 0 saturated carbocycles. The molecule has 0 radical (unpaired) electrons. The smallest absolute Gasteiger partial charge is 0.335 e. The van der Waals surface area contributed by atoms with Gasteiger partial charge in [0, 0.05) is 23.4 Å². The van der Waals surface area contributed by atoms with Gasteiger partial charge < -0.3 is 14.4 Å². The SMILES string of the molecule is CN(C)C1CCc2oc3ccc(C(=O)O)cc3c2C1. The van der Waals surface area contributed by atoms with Crippen LogP contribution in [0.25, 0.3) is 11.0 Å². The van der Waals surface area contributed by atoms with E-state index in [4.69, 9.17) is 9.52 Å². The van der Waals surface area contributed by atoms with Gasteiger partial charge in [-0.05, 0) is 45.1 Å². The Bertz CT molecular complexity index is 642. The molecule has 1 unspecified atom stereocenters. The summed E-state index contributed by atoms with van der Waals surface area (Å²) in [4.78, 5) is 13.3. The summed E-state index contributed by atoms with van der Waals surface area (Å²) in [6, 6.07) is 5.60. The van der Waals surface area contributed by atoms with Crippen molar-refractivity contribution in [2.75, 3.05) is 14.1 Å². The topological polar surface area (TPSA) is 53.7 Å². The molecule has 1 aromatic carbocycles. The summed E-state index contributed by atoms with van der Waals surface area (Å²) in [5, 5.41) is 10.0. The number of nitrogens with zero attached hydrogens (tertiary/aromatic N) is 1. The summed E-state index contributed by atoms with van der Waals surface area (Å²) in [7, 11) is 4.17. The van der Waals surface area contributed by atoms with Crippen molar-refractivity contribution in [3.05, 3.63) is 35.1 Å². The maximum Gasteiger partial charge on any atom is 0.335 e. The Kier molecular flexibility index (Phi) is 2.82. The monoisotopic (exact) mass is 259 g/mol. The summed E-state index contributed by atoms with van der Waals surface area (Å²) in [5.41, 5.74) is 2.31. The Morgan fingerprint density at radius 3 is 2.89 bits per heavy atom. The molecule has 0 amide bonds. The lowest BCUT2D eigenvalue weighted by Gasteiger charge is -2.27. The fraction of sp³-hybridized carbons (Fsp3) is 0.400. The van der Waals surface area contributed by atoms with Gasteiger partial charge in [0.05, 0.1) is 5.56 Å². The first-order valence-electron chi connectivity index (χ1n) is 6.50. The van der Waals surface area contributed by atoms with E-state index < -0.39 is 5.97 Å². The molecule has 100 valence electrons. The van der Waals surface area contributed by atoms with Crippen LogP contribution in [0, 0.1) is 0 Å². The molecule has 1 aliphatic rings. The second-order valence-corrected chi connectivity index (χ2v) is 5.38. The van der Waals surface area contributed by atoms with E-state index in [9.17, 15) is 4.79 Å². The first kappa shape index (κ1) is 12.2. The van der Waals surface area contributed by atoms with Gasteiger partial charge in [0.2, 0.25) is 0 Å². The second kappa shape index (κ2) is 4.38. The molecule has 19 heavy (non-hydrogen) atoms. The van der Waals surface area contributed by atoms with E-state index >= 15 is 0 Å². The van der Waals surface area contributed by atoms with Crippen LogP contribution in [0.5, 0.6) is 0 Å². The van der Waals surface area contributed by atoms with Crippen molar-refractivity contribution in [2.45, 2.75) is 25.3 Å². The van der Waals surface area contributed by atoms with E-state index in [1.54, 1.807) is 18.2 Å². The molecule has 1 heterocycles. The van der Waals surface area contributed by atoms with Crippen molar-refractivity contribution in [3.63, 3.8) is 0 Å². The Morgan fingerprint density at radius 1 is 1.42 bits per heavy atom. The highest BCUT2D eigenvalue weighted by Crippen LogP contribution is 2.33. The third-order valence-electron chi connectivity index (χ3n) is 4.00. The van der Waals surface area contributed by atoms with Gasteiger partial charge in [-0.1, -0.05) is 0 Å². The molecule has 1 atom stereocenters. The van der Waals surface area contributed by atoms with Crippen molar-refractivity contribution >= 4 is 16.9 Å². The number of hydrogen-bond donors (Lipinski definition) is 1. The highest BCUT2D eigenvalue weighted by molar-refractivity contribution is 5.94. The van der Waals surface area contributed by atoms with Crippen LogP contribution in [-0.2, 0) is 12.8 Å². The van der Waals surface area contributed by atoms with Crippen molar-refractivity contribution in [3.8, 4) is 0 Å². The van der Waals surface area contributed by atoms with E-state index in [-0.39, 0.29) is 0 Å². The first-order chi connectivity index (χ1) is 9.06. The van der Waals surface area contributed by atoms with Gasteiger partial charge in [0.25, 0.3) is 0 Å². The van der Waals surface area contributed by atoms with Crippen LogP contribution in [0.15, 0.2) is 22.6 Å². The molecular weight excluding hydrogens is 242 g/mol. The predicted octanol–water partition coefficient (Wildman–Crippen LogP) is 2.55. The minimum atomic E-state index is -0.892. The average Bonchev–Trinajstić information content (AvgIpc) is 2.75. The number of aromatic carboxylic acids is 1. The van der Waals surface area contributed by atoms with Crippen LogP contribution >= 0.6 is 0 Å². The van der Waals surface area contributed by atoms with Crippen LogP contribution in [0.4, 0.5) is 0 Å². The number of hydrogen-bond acceptors (Lipinski definition) is 3. The number of likely N-dealkylation sites (N-methyl/N-ethyl adjacent to an activating group) is 1. The molecule has 0 saturated heterocycles. The normalized spacial score (nSPS) is 18.8. The number of rotatable bonds is 2. The third kappa shape index (κ3) is 2.02. The van der Waals surface area contributed by atoms with Gasteiger partial charge in [-0.25, -0.2) is 4.79 Å². The number of aryl methyl sites for hydroxylation is 1. The van der Waals surface area contributed by atoms with Gasteiger partial charge in [-0.2, -0.15) is 0 Å². The summed E-state index contributed by atoms with van der Waals surface area (Å²) >= 11 is 0. The molecule has 3 rings (SSSR count). The molecule has 4 heteroatoms. The van der Waals surface area contributed by atoms with Crippen molar-refractivity contribution < 1.29 is 14.3 Å². The first-order valence-corrected chi connectivity index (χ1v) is 6.50. The number of carboxylic acids is 1. The number of furan rings is 1. The predicted molar refractivity (Wildman–Crippen MR) is 72.7 cm³/mol. The van der Waals surface area contributed by atoms with E-state index in [1.165, 1.54) is 5.56 Å². The molecular formula is C15H17NO3. The van der Waals surface area contributed by atoms with Gasteiger partial charge in [0.1, 0.15) is 11.3 Å². The van der Waals surface area contributed by atoms with Crippen LogP contribution in [0.3, 0.4) is 0 Å². The Balaban J connectivity index is 2.10. The quantitative estimate of drug-likeness (QED) is 0.900. The summed E-state index contributed by atoms with van der Waals surface area (Å²) in [5.74, 6) is 0.132. The zero-order valence-corrected chi connectivity index (χ0v) is 11.1. The molecule has 0 fully saturated rings. The molecule has 1 aliphatic carbocycles. The van der Waals surface area contributed by atoms with E-state index in [0.29, 0.717) is 11.6 Å². The minimum absolute atomic E-state index is 0.322. The fourth-order valence-electron chi connectivity index (χ4n) is 2.83. The number of carbonyl (C=O) groups is 1. The lowest BCUT2D eigenvalue weighted by atomic mass is 9.91. The van der Waals surface area contributed by atoms with Crippen LogP contribution in [0.1, 0.15) is 28.1 Å². The molecule has 1 N–H and O–H groups in total. The maximum absolute atomic E-state index is 11.1. The summed E-state index contributed by atoms with van der Waals surface area (Å²) in [6.45, 7) is 0. The Hall–Kier alpha value is -1.81. The molecule has 0 spiro atoms. The third-order valence-corrected chi connectivity index (χ3v) is 4.00. The average molecular weight is 259 g/mol. The van der Waals surface area contributed by atoms with Crippen LogP contribution < -0.4 is 0 Å². The lowest BCUT2D eigenvalue weighted by Crippen LogP contribution is -2.33. The largest absolute Gasteiger partial charge is 0.478 e. The van der Waals surface area contributed by atoms with Gasteiger partial charge in [-0.3, -0.25) is 0 Å². The van der Waals surface area contributed by atoms with E-state index in [2.05, 4.69) is 19.0 Å². The number of benzene rings is 1. The number of fused-ring (bicyclic) bond motifs is 3. The van der Waals surface area contributed by atoms with Gasteiger partial charge in [0.15, 0.2) is 0 Å². The maximum atomic E-state index is 11.1. The molecule has 0 bridgehead atoms. The second-order valence-electron chi connectivity index (χ2n) is 5.38. The standard InChI is InChI=1S/C15H17NO3/c1-16(2)10-4-6-14-12(8-10)11-7-9(15(17)18)3-5-13(11)19-14/h3,5,7,10H,4,6,8H2,1-2H3,(H,17,18). The molecule has 1 aromatic heterocycles. The molecule has 0 aliphatic heterocycles. The van der Waals surface area contributed by atoms with Crippen molar-refractivity contribution in [1.82, 2.24) is 4.90 Å². The van der Waals surface area contributed by atoms with Crippen molar-refractivity contribution in [2.24, 2.45) is 0 Å². The number of carboxylic acid groups (broad SMARTS) is 1. The Labute approximate surface area is 111 Å². The van der Waals surface area contributed by atoms with Crippen LogP contribution in [-0.4, -0.2) is 36.1 Å². The molecule has 2 aromatic rings. The lowest BCUT2D eigenvalue weighted by molar-refractivity contribution is 0.0697. The molecule has 4 nitrogen and oxygen atoms in total. The fourth-order valence-corrected chi connectivity index (χ4v) is 2.83. The minimum Gasteiger partial charge on any atom is -0.478 e. The highest BCUT2D eigenvalue weighted by atomic mass is 16.4. The highest BCUT2D eigenvalue weighted by Gasteiger charge is 2.25. The summed E-state index contributed by atoms with van der Waals surface area (Å²) < 4.78 is 5.84. The van der Waals surface area contributed by atoms with Gasteiger partial charge in [-0.15, -0.1) is 0 Å². The van der Waals surface area contributed by atoms with Gasteiger partial charge >= 0.3 is 5.97 Å².